The van der Waals surface area contributed by atoms with Crippen LogP contribution in [-0.4, -0.2) is 35.0 Å². The zero-order chi connectivity index (χ0) is 15.6. The number of rotatable bonds is 3. The van der Waals surface area contributed by atoms with Gasteiger partial charge in [-0.3, -0.25) is 9.59 Å². The molecule has 0 radical (unpaired) electrons. The average molecular weight is 295 g/mol. The number of amides is 1. The Hall–Kier alpha value is -1.06. The van der Waals surface area contributed by atoms with Crippen LogP contribution >= 0.6 is 0 Å². The number of carboxylic acid groups (broad SMARTS) is 1. The second-order valence-electron chi connectivity index (χ2n) is 7.98. The van der Waals surface area contributed by atoms with Crippen molar-refractivity contribution in [3.05, 3.63) is 0 Å². The van der Waals surface area contributed by atoms with E-state index in [1.807, 2.05) is 4.90 Å². The van der Waals surface area contributed by atoms with Gasteiger partial charge in [-0.15, -0.1) is 0 Å². The van der Waals surface area contributed by atoms with Gasteiger partial charge in [0, 0.05) is 19.5 Å². The van der Waals surface area contributed by atoms with Crippen molar-refractivity contribution in [2.45, 2.75) is 59.3 Å². The van der Waals surface area contributed by atoms with Gasteiger partial charge in [-0.2, -0.15) is 0 Å². The molecule has 2 atom stereocenters. The molecular weight excluding hydrogens is 266 g/mol. The topological polar surface area (TPSA) is 57.6 Å². The minimum atomic E-state index is -0.718. The first-order valence-electron chi connectivity index (χ1n) is 8.27. The molecule has 4 nitrogen and oxygen atoms in total. The SMILES string of the molecule is CC1CC(CC(=O)N2CCC(C(=O)O)CC2)CC(C)(C)C1. The predicted octanol–water partition coefficient (Wildman–Crippen LogP) is 3.16. The molecule has 0 aromatic heterocycles. The van der Waals surface area contributed by atoms with Gasteiger partial charge in [0.2, 0.25) is 5.91 Å². The molecule has 1 aliphatic carbocycles. The Morgan fingerprint density at radius 3 is 2.33 bits per heavy atom. The lowest BCUT2D eigenvalue weighted by atomic mass is 9.67. The van der Waals surface area contributed by atoms with Crippen LogP contribution in [-0.2, 0) is 9.59 Å². The Labute approximate surface area is 127 Å². The van der Waals surface area contributed by atoms with Crippen molar-refractivity contribution >= 4 is 11.9 Å². The third-order valence-electron chi connectivity index (χ3n) is 5.14. The summed E-state index contributed by atoms with van der Waals surface area (Å²) in [4.78, 5) is 25.3. The molecule has 1 aliphatic heterocycles. The highest BCUT2D eigenvalue weighted by Crippen LogP contribution is 2.43. The van der Waals surface area contributed by atoms with Crippen molar-refractivity contribution in [2.75, 3.05) is 13.1 Å². The molecule has 1 heterocycles. The van der Waals surface area contributed by atoms with E-state index in [1.165, 1.54) is 6.42 Å². The summed E-state index contributed by atoms with van der Waals surface area (Å²) in [6.45, 7) is 8.12. The molecule has 21 heavy (non-hydrogen) atoms. The lowest BCUT2D eigenvalue weighted by Crippen LogP contribution is -2.41. The Balaban J connectivity index is 1.83. The van der Waals surface area contributed by atoms with Crippen LogP contribution in [0.4, 0.5) is 0 Å². The highest BCUT2D eigenvalue weighted by molar-refractivity contribution is 5.77. The van der Waals surface area contributed by atoms with Crippen molar-refractivity contribution in [1.82, 2.24) is 4.90 Å². The van der Waals surface area contributed by atoms with E-state index in [0.29, 0.717) is 49.6 Å². The summed E-state index contributed by atoms with van der Waals surface area (Å²) >= 11 is 0. The summed E-state index contributed by atoms with van der Waals surface area (Å²) in [5.41, 5.74) is 0.346. The molecule has 1 amide bonds. The number of carbonyl (C=O) groups excluding carboxylic acids is 1. The van der Waals surface area contributed by atoms with E-state index in [0.717, 1.165) is 12.8 Å². The lowest BCUT2D eigenvalue weighted by molar-refractivity contribution is -0.146. The van der Waals surface area contributed by atoms with E-state index in [-0.39, 0.29) is 11.8 Å². The number of aliphatic carboxylic acids is 1. The number of piperidine rings is 1. The van der Waals surface area contributed by atoms with Crippen LogP contribution < -0.4 is 0 Å². The fraction of sp³-hybridized carbons (Fsp3) is 0.882. The van der Waals surface area contributed by atoms with Crippen LogP contribution in [0.15, 0.2) is 0 Å². The van der Waals surface area contributed by atoms with Crippen LogP contribution in [0.25, 0.3) is 0 Å². The van der Waals surface area contributed by atoms with Gasteiger partial charge in [0.05, 0.1) is 5.92 Å². The smallest absolute Gasteiger partial charge is 0.306 e. The van der Waals surface area contributed by atoms with Crippen molar-refractivity contribution in [3.63, 3.8) is 0 Å². The normalized spacial score (nSPS) is 30.1. The molecular formula is C17H29NO3. The molecule has 2 unspecified atom stereocenters. The summed E-state index contributed by atoms with van der Waals surface area (Å²) < 4.78 is 0. The zero-order valence-electron chi connectivity index (χ0n) is 13.6. The van der Waals surface area contributed by atoms with E-state index in [2.05, 4.69) is 20.8 Å². The quantitative estimate of drug-likeness (QED) is 0.870. The second kappa shape index (κ2) is 6.37. The highest BCUT2D eigenvalue weighted by Gasteiger charge is 2.34. The van der Waals surface area contributed by atoms with Crippen molar-refractivity contribution in [2.24, 2.45) is 23.2 Å². The van der Waals surface area contributed by atoms with Gasteiger partial charge in [-0.05, 0) is 49.4 Å². The highest BCUT2D eigenvalue weighted by atomic mass is 16.4. The van der Waals surface area contributed by atoms with Crippen molar-refractivity contribution < 1.29 is 14.7 Å². The maximum absolute atomic E-state index is 12.4. The van der Waals surface area contributed by atoms with E-state index in [9.17, 15) is 9.59 Å². The monoisotopic (exact) mass is 295 g/mol. The Kier molecular flexibility index (Phi) is 4.95. The minimum Gasteiger partial charge on any atom is -0.481 e. The third kappa shape index (κ3) is 4.45. The first kappa shape index (κ1) is 16.3. The van der Waals surface area contributed by atoms with Crippen LogP contribution in [0.3, 0.4) is 0 Å². The molecule has 1 saturated carbocycles. The van der Waals surface area contributed by atoms with E-state index >= 15 is 0 Å². The average Bonchev–Trinajstić information content (AvgIpc) is 2.36. The lowest BCUT2D eigenvalue weighted by Gasteiger charge is -2.40. The van der Waals surface area contributed by atoms with Crippen LogP contribution in [0.1, 0.15) is 59.3 Å². The maximum atomic E-state index is 12.4. The summed E-state index contributed by atoms with van der Waals surface area (Å²) in [5, 5.41) is 9.01. The molecule has 2 fully saturated rings. The van der Waals surface area contributed by atoms with Gasteiger partial charge in [0.25, 0.3) is 0 Å². The first-order valence-corrected chi connectivity index (χ1v) is 8.27. The Morgan fingerprint density at radius 2 is 1.81 bits per heavy atom. The first-order chi connectivity index (χ1) is 9.77. The summed E-state index contributed by atoms with van der Waals surface area (Å²) in [7, 11) is 0. The van der Waals surface area contributed by atoms with Crippen LogP contribution in [0.5, 0.6) is 0 Å². The van der Waals surface area contributed by atoms with Crippen LogP contribution in [0, 0.1) is 23.2 Å². The second-order valence-corrected chi connectivity index (χ2v) is 7.98. The number of carbonyl (C=O) groups is 2. The standard InChI is InChI=1S/C17H29NO3/c1-12-8-13(11-17(2,3)10-12)9-15(19)18-6-4-14(5-7-18)16(20)21/h12-14H,4-11H2,1-3H3,(H,20,21). The molecule has 120 valence electrons. The Morgan fingerprint density at radius 1 is 1.19 bits per heavy atom. The number of hydrogen-bond donors (Lipinski definition) is 1. The third-order valence-corrected chi connectivity index (χ3v) is 5.14. The van der Waals surface area contributed by atoms with Gasteiger partial charge in [-0.1, -0.05) is 20.8 Å². The fourth-order valence-electron chi connectivity index (χ4n) is 4.45. The molecule has 1 N–H and O–H groups in total. The van der Waals surface area contributed by atoms with Gasteiger partial charge >= 0.3 is 5.97 Å². The zero-order valence-corrected chi connectivity index (χ0v) is 13.6. The number of carboxylic acids is 1. The fourth-order valence-corrected chi connectivity index (χ4v) is 4.45. The van der Waals surface area contributed by atoms with Gasteiger partial charge in [-0.25, -0.2) is 0 Å². The number of likely N-dealkylation sites (tertiary alicyclic amines) is 1. The summed E-state index contributed by atoms with van der Waals surface area (Å²) in [6.07, 6.45) is 5.39. The molecule has 0 bridgehead atoms. The van der Waals surface area contributed by atoms with Gasteiger partial charge < -0.3 is 10.0 Å². The molecule has 4 heteroatoms. The van der Waals surface area contributed by atoms with Gasteiger partial charge in [0.1, 0.15) is 0 Å². The summed E-state index contributed by atoms with van der Waals surface area (Å²) in [6, 6.07) is 0. The molecule has 0 aromatic carbocycles. The van der Waals surface area contributed by atoms with E-state index < -0.39 is 5.97 Å². The number of hydrogen-bond acceptors (Lipinski definition) is 2. The molecule has 0 spiro atoms. The van der Waals surface area contributed by atoms with E-state index in [4.69, 9.17) is 5.11 Å². The van der Waals surface area contributed by atoms with Crippen molar-refractivity contribution in [3.8, 4) is 0 Å². The molecule has 2 rings (SSSR count). The molecule has 0 aromatic rings. The molecule has 2 aliphatic rings. The van der Waals surface area contributed by atoms with Crippen LogP contribution in [0.2, 0.25) is 0 Å². The predicted molar refractivity (Wildman–Crippen MR) is 81.8 cm³/mol. The van der Waals surface area contributed by atoms with Gasteiger partial charge in [0.15, 0.2) is 0 Å². The maximum Gasteiger partial charge on any atom is 0.306 e. The largest absolute Gasteiger partial charge is 0.481 e. The van der Waals surface area contributed by atoms with Crippen molar-refractivity contribution in [1.29, 1.82) is 0 Å². The molecule has 1 saturated heterocycles. The number of nitrogens with zero attached hydrogens (tertiary/aromatic N) is 1. The minimum absolute atomic E-state index is 0.230. The Bertz CT molecular complexity index is 397. The van der Waals surface area contributed by atoms with E-state index in [1.54, 1.807) is 0 Å². The summed E-state index contributed by atoms with van der Waals surface area (Å²) in [5.74, 6) is 0.444.